The number of aryl methyl sites for hydroxylation is 2. The minimum Gasteiger partial charge on any atom is -0.508 e. The van der Waals surface area contributed by atoms with Crippen LogP contribution in [0.3, 0.4) is 0 Å². The quantitative estimate of drug-likeness (QED) is 0.0168. The molecule has 3 heterocycles. The van der Waals surface area contributed by atoms with Gasteiger partial charge >= 0.3 is 58.5 Å². The fourth-order valence-electron chi connectivity index (χ4n) is 10.2. The molecular formula is C93H111N5O27P6S13. The van der Waals surface area contributed by atoms with Gasteiger partial charge in [0.1, 0.15) is 85.2 Å². The van der Waals surface area contributed by atoms with Crippen LogP contribution in [0, 0.1) is 13.8 Å². The molecule has 3 amide bonds. The van der Waals surface area contributed by atoms with Gasteiger partial charge in [-0.05, 0) is 296 Å². The number of amides is 3. The molecule has 144 heavy (non-hydrogen) atoms. The maximum absolute atomic E-state index is 12.4. The summed E-state index contributed by atoms with van der Waals surface area (Å²) in [6.07, 6.45) is -1.16. The molecule has 0 bridgehead atoms. The first-order chi connectivity index (χ1) is 67.0. The number of nitrogens with one attached hydrogen (secondary N) is 3. The van der Waals surface area contributed by atoms with Gasteiger partial charge in [-0.2, -0.15) is 8.42 Å². The van der Waals surface area contributed by atoms with Gasteiger partial charge in [0, 0.05) is 53.0 Å². The average Bonchev–Trinajstić information content (AvgIpc) is 0.742. The van der Waals surface area contributed by atoms with Crippen LogP contribution in [-0.4, -0.2) is 169 Å². The lowest BCUT2D eigenvalue weighted by atomic mass is 10.1. The molecule has 3 fully saturated rings. The lowest BCUT2D eigenvalue weighted by Crippen LogP contribution is -2.30. The lowest BCUT2D eigenvalue weighted by Gasteiger charge is -2.40. The number of carboxylic acid groups (broad SMARTS) is 3. The monoisotopic (exact) mass is 2330 g/mol. The van der Waals surface area contributed by atoms with Crippen LogP contribution in [0.5, 0.6) is 51.7 Å². The predicted molar refractivity (Wildman–Crippen MR) is 612 cm³/mol. The van der Waals surface area contributed by atoms with Gasteiger partial charge in [0.2, 0.25) is 0 Å². The average molecular weight is 2330 g/mol. The van der Waals surface area contributed by atoms with E-state index in [1.807, 2.05) is 166 Å². The Bertz CT molecular complexity index is 6120. The summed E-state index contributed by atoms with van der Waals surface area (Å²) in [4.78, 5) is 87.0. The zero-order valence-corrected chi connectivity index (χ0v) is 96.0. The number of phenolic OH excluding ortho intramolecular Hbond substituents is 5. The van der Waals surface area contributed by atoms with Crippen molar-refractivity contribution in [2.24, 2.45) is 11.5 Å². The summed E-state index contributed by atoms with van der Waals surface area (Å²) in [6, 6.07) is 75.2. The zero-order valence-electron chi connectivity index (χ0n) is 80.0. The van der Waals surface area contributed by atoms with Crippen LogP contribution in [0.4, 0.5) is 14.4 Å². The Labute approximate surface area is 889 Å². The fourth-order valence-corrected chi connectivity index (χ4v) is 137. The number of nitrogens with two attached hydrogens (primary N) is 2. The van der Waals surface area contributed by atoms with Gasteiger partial charge in [0.25, 0.3) is 0 Å². The molecule has 3 aliphatic rings. The topological polar surface area (TPSA) is 548 Å². The molecule has 0 atom stereocenters. The van der Waals surface area contributed by atoms with Crippen molar-refractivity contribution in [1.29, 1.82) is 0 Å². The fraction of sp³-hybridized carbons (Fsp3) is 0.204. The van der Waals surface area contributed by atoms with Crippen LogP contribution < -0.4 is 68.7 Å². The van der Waals surface area contributed by atoms with Crippen molar-refractivity contribution in [3.8, 4) is 51.7 Å². The third-order valence-corrected chi connectivity index (χ3v) is 110. The number of hydrogen-bond acceptors (Lipinski definition) is 36. The number of aromatic hydroxyl groups is 7. The minimum absolute atomic E-state index is 0.0671. The number of rotatable bonds is 13. The Kier molecular flexibility index (Phi) is 53.7. The van der Waals surface area contributed by atoms with E-state index in [1.54, 1.807) is 206 Å². The van der Waals surface area contributed by atoms with Crippen molar-refractivity contribution in [3.05, 3.63) is 306 Å². The van der Waals surface area contributed by atoms with E-state index in [1.165, 1.54) is 71.6 Å². The van der Waals surface area contributed by atoms with E-state index in [0.29, 0.717) is 22.6 Å². The molecular weight excluding hydrogens is 2220 g/mol. The molecule has 19 N–H and O–H groups in total. The van der Waals surface area contributed by atoms with Gasteiger partial charge in [-0.25, -0.2) is 38.4 Å². The summed E-state index contributed by atoms with van der Waals surface area (Å²) in [5.74, 6) is -2.74. The predicted octanol–water partition coefficient (Wildman–Crippen LogP) is 21.3. The number of ether oxygens (including phenoxy) is 5. The number of benzene rings is 11. The molecule has 32 nitrogen and oxygen atoms in total. The number of hydrogen-bond donors (Lipinski definition) is 17. The number of carboxylic acids is 3. The summed E-state index contributed by atoms with van der Waals surface area (Å²) in [5.41, 5.74) is 10.4. The van der Waals surface area contributed by atoms with Crippen molar-refractivity contribution < 1.29 is 131 Å². The van der Waals surface area contributed by atoms with E-state index in [-0.39, 0.29) is 98.0 Å². The molecule has 0 spiro atoms. The number of alkyl carbamates (subject to hydrolysis) is 3. The Morgan fingerprint density at radius 2 is 0.465 bits per heavy atom. The Hall–Kier alpha value is -9.03. The smallest absolute Gasteiger partial charge is 0.407 e. The van der Waals surface area contributed by atoms with Gasteiger partial charge in [0.15, 0.2) is 0 Å². The molecule has 11 aromatic carbocycles. The highest BCUT2D eigenvalue weighted by Crippen LogP contribution is 3.05. The van der Waals surface area contributed by atoms with E-state index in [4.69, 9.17) is 138 Å². The highest BCUT2D eigenvalue weighted by molar-refractivity contribution is 9.49. The first kappa shape index (κ1) is 129. The van der Waals surface area contributed by atoms with E-state index >= 15 is 0 Å². The first-order valence-electron chi connectivity index (χ1n) is 41.5. The van der Waals surface area contributed by atoms with Crippen molar-refractivity contribution in [2.45, 2.75) is 93.0 Å². The second-order valence-electron chi connectivity index (χ2n) is 31.1. The highest BCUT2D eigenvalue weighted by Gasteiger charge is 2.48. The first-order valence-corrected chi connectivity index (χ1v) is 71.8. The standard InChI is InChI=1S/C20H16O3P2S4.C19H14O4P2S4.C12H10O2P2S4.C8H8O2.2C7H6O3.3C6H13NO2.2CH5N.H2O4S/c1-14-4-2-3-5-19(14)20(22)23-16-8-12-18(13-9-16)25(27)28-24(26,29-25)17-10-6-15(21)7-11-17;20-13-5-9-15(10-6-13)24(26)28-25(27,29-24)16-11-7-14(8-12-16)23-19(22)17-3-1-2-4-18(17)21;13-9-1-5-11(6-2-9)15(17)19-16(18,20-15)12-7-3-10(14)4-8-12;1-6-4-2-3-5-7(6)8(9)10;2*8-6-4-2-1-3-5(6)7(9)10;3*1-6(2,3)9-5(8)7-4;2*1-2;1-5(2,3)4/h2-13,21H,1H3;1-12,20-21H;1-8,13-14H;2-5H,1H3,(H,9,10);2*1-4,8H,(H,9,10);3*1-4H3,(H,7,8);2*2H2,1H3;(H2,1,2,3,4). The summed E-state index contributed by atoms with van der Waals surface area (Å²) < 4.78 is 46.1. The summed E-state index contributed by atoms with van der Waals surface area (Å²) >= 11 is 45.5. The third kappa shape index (κ3) is 45.0. The molecule has 0 aromatic heterocycles. The number of carbonyl (C=O) groups excluding carboxylic acids is 5. The van der Waals surface area contributed by atoms with Gasteiger partial charge in [-0.3, -0.25) is 9.11 Å². The van der Waals surface area contributed by atoms with Gasteiger partial charge in [-0.1, -0.05) is 210 Å². The van der Waals surface area contributed by atoms with Crippen LogP contribution in [-0.2, 0) is 95.5 Å². The maximum atomic E-state index is 12.4. The minimum atomic E-state index is -4.67. The van der Waals surface area contributed by atoms with Crippen molar-refractivity contribution in [1.82, 2.24) is 16.0 Å². The molecule has 778 valence electrons. The molecule has 0 radical (unpaired) electrons. The van der Waals surface area contributed by atoms with E-state index < -0.39 is 60.9 Å². The number of phenols is 7. The number of para-hydroxylation sites is 3. The van der Waals surface area contributed by atoms with E-state index in [2.05, 4.69) is 27.4 Å². The summed E-state index contributed by atoms with van der Waals surface area (Å²) in [6.45, 7) is 20.1. The van der Waals surface area contributed by atoms with E-state index in [9.17, 15) is 63.9 Å². The number of esters is 2. The van der Waals surface area contributed by atoms with Crippen molar-refractivity contribution in [2.75, 3.05) is 35.2 Å². The van der Waals surface area contributed by atoms with Gasteiger partial charge < -0.3 is 102 Å². The Morgan fingerprint density at radius 3 is 0.632 bits per heavy atom. The Balaban J connectivity index is 0.000000430. The highest BCUT2D eigenvalue weighted by atomic mass is 33.7. The molecule has 11 aromatic rings. The molecule has 14 rings (SSSR count). The zero-order chi connectivity index (χ0) is 109. The SMILES string of the molecule is CN.CN.CNC(=O)OC(C)(C)C.CNC(=O)OC(C)(C)C.CNC(=O)OC(C)(C)C.Cc1ccccc1C(=O)O.Cc1ccccc1C(=O)Oc1ccc(P2(=S)SP(=S)(c3ccc(O)cc3)S2)cc1.O=C(O)c1ccccc1O.O=C(O)c1ccccc1O.O=C(Oc1ccc(P2(=S)SP(=S)(c3ccc(O)cc3)S2)cc1)c1ccccc1O.O=S(=O)(O)O.Oc1ccc(P2(=S)SP(=S)(c3ccc(O)cc3)S2)cc1. The van der Waals surface area contributed by atoms with Crippen LogP contribution in [0.1, 0.15) is 125 Å². The molecule has 0 aliphatic carbocycles. The van der Waals surface area contributed by atoms with Crippen LogP contribution in [0.2, 0.25) is 0 Å². The Morgan fingerprint density at radius 1 is 0.292 bits per heavy atom. The summed E-state index contributed by atoms with van der Waals surface area (Å²) in [7, 11) is 2.94. The second-order valence-corrected chi connectivity index (χ2v) is 95.9. The van der Waals surface area contributed by atoms with Crippen molar-refractivity contribution >= 4 is 254 Å². The number of aromatic carboxylic acids is 3. The molecule has 0 saturated carbocycles. The second kappa shape index (κ2) is 59.8. The van der Waals surface area contributed by atoms with Crippen molar-refractivity contribution in [3.63, 3.8) is 0 Å². The normalized spacial score (nSPS) is 17.8. The van der Waals surface area contributed by atoms with Gasteiger partial charge in [0.05, 0.1) is 37.8 Å². The molecule has 0 unspecified atom stereocenters. The molecule has 3 aliphatic heterocycles. The van der Waals surface area contributed by atoms with Crippen LogP contribution in [0.15, 0.2) is 267 Å². The molecule has 3 saturated heterocycles. The van der Waals surface area contributed by atoms with Crippen LogP contribution in [0.25, 0.3) is 0 Å². The van der Waals surface area contributed by atoms with E-state index in [0.717, 1.165) is 43.0 Å². The van der Waals surface area contributed by atoms with Gasteiger partial charge in [-0.15, -0.1) is 0 Å². The number of carbonyl (C=O) groups is 8. The maximum Gasteiger partial charge on any atom is 0.407 e. The lowest BCUT2D eigenvalue weighted by molar-refractivity contribution is 0.0530. The third-order valence-electron chi connectivity index (χ3n) is 16.6. The largest absolute Gasteiger partial charge is 0.508 e. The van der Waals surface area contributed by atoms with Crippen LogP contribution >= 0.6 is 92.7 Å². The molecule has 51 heteroatoms. The summed E-state index contributed by atoms with van der Waals surface area (Å²) in [5, 5.41) is 104.